The maximum atomic E-state index is 12.3. The molecule has 1 amide bonds. The molecule has 0 bridgehead atoms. The minimum atomic E-state index is -0.368. The number of carbonyl (C=O) groups excluding carboxylic acids is 1. The number of nitrogens with one attached hydrogen (secondary N) is 1. The summed E-state index contributed by atoms with van der Waals surface area (Å²) in [5, 5.41) is 10.8. The van der Waals surface area contributed by atoms with Crippen LogP contribution in [0.4, 0.5) is 5.69 Å². The first-order chi connectivity index (χ1) is 11.6. The fraction of sp³-hybridized carbons (Fsp3) is 0.176. The van der Waals surface area contributed by atoms with Crippen molar-refractivity contribution in [1.29, 1.82) is 0 Å². The molecule has 0 spiro atoms. The first-order valence-electron chi connectivity index (χ1n) is 7.40. The Hall–Kier alpha value is -2.67. The van der Waals surface area contributed by atoms with Crippen molar-refractivity contribution in [1.82, 2.24) is 15.2 Å². The zero-order valence-corrected chi connectivity index (χ0v) is 14.1. The quantitative estimate of drug-likeness (QED) is 0.715. The molecule has 0 fully saturated rings. The zero-order valence-electron chi connectivity index (χ0n) is 13.3. The molecule has 0 aliphatic heterocycles. The minimum absolute atomic E-state index is 0.119. The minimum Gasteiger partial charge on any atom is -0.411 e. The second kappa shape index (κ2) is 7.27. The molecular weight excluding hydrogens is 324 g/mol. The highest BCUT2D eigenvalue weighted by Crippen LogP contribution is 2.26. The maximum Gasteiger partial charge on any atom is 0.277 e. The van der Waals surface area contributed by atoms with Crippen LogP contribution in [0.1, 0.15) is 12.5 Å². The Kier molecular flexibility index (Phi) is 4.90. The SMILES string of the molecule is Cc1cccc(NC(=O)[C@H](C)Sc2nnc(-c3cccnc3)o2)c1. The van der Waals surface area contributed by atoms with E-state index in [-0.39, 0.29) is 11.2 Å². The first-order valence-corrected chi connectivity index (χ1v) is 8.28. The number of hydrogen-bond acceptors (Lipinski definition) is 6. The van der Waals surface area contributed by atoms with E-state index in [0.29, 0.717) is 11.1 Å². The van der Waals surface area contributed by atoms with Crippen molar-refractivity contribution in [3.63, 3.8) is 0 Å². The number of rotatable bonds is 5. The van der Waals surface area contributed by atoms with Crippen LogP contribution in [-0.2, 0) is 4.79 Å². The van der Waals surface area contributed by atoms with Gasteiger partial charge in [-0.25, -0.2) is 0 Å². The molecule has 0 saturated carbocycles. The van der Waals surface area contributed by atoms with Crippen molar-refractivity contribution in [2.45, 2.75) is 24.3 Å². The molecule has 0 aliphatic rings. The van der Waals surface area contributed by atoms with Gasteiger partial charge in [0.05, 0.1) is 10.8 Å². The number of anilines is 1. The highest BCUT2D eigenvalue weighted by Gasteiger charge is 2.19. The molecule has 0 aliphatic carbocycles. The molecule has 0 saturated heterocycles. The molecule has 6 nitrogen and oxygen atoms in total. The molecule has 3 aromatic rings. The van der Waals surface area contributed by atoms with Gasteiger partial charge in [0.25, 0.3) is 5.22 Å². The third-order valence-corrected chi connectivity index (χ3v) is 4.18. The van der Waals surface area contributed by atoms with Crippen molar-refractivity contribution in [2.75, 3.05) is 5.32 Å². The lowest BCUT2D eigenvalue weighted by molar-refractivity contribution is -0.115. The number of thioether (sulfide) groups is 1. The molecule has 1 N–H and O–H groups in total. The van der Waals surface area contributed by atoms with E-state index in [2.05, 4.69) is 20.5 Å². The molecule has 7 heteroatoms. The van der Waals surface area contributed by atoms with Crippen LogP contribution in [0.25, 0.3) is 11.5 Å². The van der Waals surface area contributed by atoms with Crippen LogP contribution in [0, 0.1) is 6.92 Å². The Morgan fingerprint density at radius 3 is 2.88 bits per heavy atom. The second-order valence-electron chi connectivity index (χ2n) is 5.23. The van der Waals surface area contributed by atoms with Crippen LogP contribution in [0.15, 0.2) is 58.4 Å². The summed E-state index contributed by atoms with van der Waals surface area (Å²) in [6.07, 6.45) is 3.32. The van der Waals surface area contributed by atoms with Crippen LogP contribution < -0.4 is 5.32 Å². The van der Waals surface area contributed by atoms with Gasteiger partial charge >= 0.3 is 0 Å². The van der Waals surface area contributed by atoms with Crippen LogP contribution in [-0.4, -0.2) is 26.3 Å². The van der Waals surface area contributed by atoms with Crippen LogP contribution in [0.3, 0.4) is 0 Å². The lowest BCUT2D eigenvalue weighted by atomic mass is 10.2. The number of hydrogen-bond donors (Lipinski definition) is 1. The van der Waals surface area contributed by atoms with Gasteiger partial charge in [-0.1, -0.05) is 23.9 Å². The van der Waals surface area contributed by atoms with Crippen molar-refractivity contribution in [3.05, 3.63) is 54.4 Å². The number of nitrogens with zero attached hydrogens (tertiary/aromatic N) is 3. The summed E-state index contributed by atoms with van der Waals surface area (Å²) in [6, 6.07) is 11.3. The summed E-state index contributed by atoms with van der Waals surface area (Å²) >= 11 is 1.22. The monoisotopic (exact) mass is 340 g/mol. The predicted octanol–water partition coefficient (Wildman–Crippen LogP) is 3.56. The molecule has 1 aromatic carbocycles. The van der Waals surface area contributed by atoms with E-state index in [9.17, 15) is 4.79 Å². The zero-order chi connectivity index (χ0) is 16.9. The van der Waals surface area contributed by atoms with Crippen molar-refractivity contribution >= 4 is 23.4 Å². The molecule has 0 unspecified atom stereocenters. The normalized spacial score (nSPS) is 11.9. The summed E-state index contributed by atoms with van der Waals surface area (Å²) in [5.74, 6) is 0.267. The largest absolute Gasteiger partial charge is 0.411 e. The van der Waals surface area contributed by atoms with Crippen molar-refractivity contribution in [2.24, 2.45) is 0 Å². The standard InChI is InChI=1S/C17H16N4O2S/c1-11-5-3-7-14(9-11)19-15(22)12(2)24-17-21-20-16(23-17)13-6-4-8-18-10-13/h3-10,12H,1-2H3,(H,19,22)/t12-/m0/s1. The Bertz CT molecular complexity index is 835. The first kappa shape index (κ1) is 16.2. The van der Waals surface area contributed by atoms with Gasteiger partial charge in [0, 0.05) is 18.1 Å². The Balaban J connectivity index is 1.63. The Labute approximate surface area is 143 Å². The number of carbonyl (C=O) groups is 1. The number of benzene rings is 1. The Morgan fingerprint density at radius 1 is 1.25 bits per heavy atom. The Morgan fingerprint density at radius 2 is 2.12 bits per heavy atom. The number of aryl methyl sites for hydroxylation is 1. The van der Waals surface area contributed by atoms with Gasteiger partial charge in [0.15, 0.2) is 0 Å². The van der Waals surface area contributed by atoms with Gasteiger partial charge in [-0.05, 0) is 43.7 Å². The highest BCUT2D eigenvalue weighted by atomic mass is 32.2. The molecule has 3 rings (SSSR count). The van der Waals surface area contributed by atoms with Gasteiger partial charge in [-0.15, -0.1) is 10.2 Å². The third-order valence-electron chi connectivity index (χ3n) is 3.25. The van der Waals surface area contributed by atoms with Crippen LogP contribution in [0.2, 0.25) is 0 Å². The van der Waals surface area contributed by atoms with E-state index in [4.69, 9.17) is 4.42 Å². The van der Waals surface area contributed by atoms with Gasteiger partial charge in [-0.2, -0.15) is 0 Å². The maximum absolute atomic E-state index is 12.3. The summed E-state index contributed by atoms with van der Waals surface area (Å²) in [6.45, 7) is 3.77. The number of pyridine rings is 1. The summed E-state index contributed by atoms with van der Waals surface area (Å²) in [5.41, 5.74) is 2.61. The summed E-state index contributed by atoms with van der Waals surface area (Å²) in [4.78, 5) is 16.3. The van der Waals surface area contributed by atoms with Gasteiger partial charge < -0.3 is 9.73 Å². The average Bonchev–Trinajstić information content (AvgIpc) is 3.04. The van der Waals surface area contributed by atoms with E-state index >= 15 is 0 Å². The van der Waals surface area contributed by atoms with E-state index in [1.807, 2.05) is 37.3 Å². The predicted molar refractivity (Wildman–Crippen MR) is 92.7 cm³/mol. The highest BCUT2D eigenvalue weighted by molar-refractivity contribution is 8.00. The molecule has 2 aromatic heterocycles. The van der Waals surface area contributed by atoms with E-state index in [1.54, 1.807) is 25.4 Å². The fourth-order valence-electron chi connectivity index (χ4n) is 2.03. The second-order valence-corrected chi connectivity index (χ2v) is 6.53. The van der Waals surface area contributed by atoms with Gasteiger partial charge in [0.2, 0.25) is 11.8 Å². The van der Waals surface area contributed by atoms with Crippen molar-refractivity contribution in [3.8, 4) is 11.5 Å². The van der Waals surface area contributed by atoms with Crippen LogP contribution in [0.5, 0.6) is 0 Å². The van der Waals surface area contributed by atoms with Crippen LogP contribution >= 0.6 is 11.8 Å². The number of aromatic nitrogens is 3. The van der Waals surface area contributed by atoms with Gasteiger partial charge in [-0.3, -0.25) is 9.78 Å². The lowest BCUT2D eigenvalue weighted by Crippen LogP contribution is -2.22. The van der Waals surface area contributed by atoms with E-state index < -0.39 is 0 Å². The lowest BCUT2D eigenvalue weighted by Gasteiger charge is -2.10. The smallest absolute Gasteiger partial charge is 0.277 e. The third kappa shape index (κ3) is 3.99. The van der Waals surface area contributed by atoms with E-state index in [0.717, 1.165) is 16.8 Å². The molecule has 0 radical (unpaired) electrons. The summed E-state index contributed by atoms with van der Waals surface area (Å²) in [7, 11) is 0. The van der Waals surface area contributed by atoms with Gasteiger partial charge in [0.1, 0.15) is 0 Å². The molecule has 2 heterocycles. The topological polar surface area (TPSA) is 80.9 Å². The molecule has 122 valence electrons. The fourth-order valence-corrected chi connectivity index (χ4v) is 2.72. The molecule has 1 atom stereocenters. The molecule has 24 heavy (non-hydrogen) atoms. The summed E-state index contributed by atoms with van der Waals surface area (Å²) < 4.78 is 5.58. The van der Waals surface area contributed by atoms with Crippen molar-refractivity contribution < 1.29 is 9.21 Å². The van der Waals surface area contributed by atoms with E-state index in [1.165, 1.54) is 11.8 Å². The molecular formula is C17H16N4O2S. The number of amides is 1. The average molecular weight is 340 g/mol.